The maximum atomic E-state index is 13.3. The summed E-state index contributed by atoms with van der Waals surface area (Å²) in [6.45, 7) is 0. The number of nitro groups is 1. The maximum absolute atomic E-state index is 13.3. The molecular weight excluding hydrogens is 458 g/mol. The van der Waals surface area contributed by atoms with E-state index in [0.29, 0.717) is 26.8 Å². The fraction of sp³-hybridized carbons (Fsp3) is 0. The highest BCUT2D eigenvalue weighted by atomic mass is 32.1. The van der Waals surface area contributed by atoms with Crippen molar-refractivity contribution in [2.45, 2.75) is 0 Å². The van der Waals surface area contributed by atoms with Crippen molar-refractivity contribution < 1.29 is 9.72 Å². The predicted octanol–water partition coefficient (Wildman–Crippen LogP) is 7.30. The number of carbonyl (C=O) groups excluding carboxylic acids is 1. The van der Waals surface area contributed by atoms with Crippen molar-refractivity contribution in [3.05, 3.63) is 124 Å². The Labute approximate surface area is 205 Å². The molecule has 0 radical (unpaired) electrons. The van der Waals surface area contributed by atoms with Crippen LogP contribution in [0.3, 0.4) is 0 Å². The Bertz CT molecular complexity index is 1480. The van der Waals surface area contributed by atoms with Gasteiger partial charge in [0.25, 0.3) is 11.6 Å². The summed E-state index contributed by atoms with van der Waals surface area (Å²) >= 11 is 1.29. The second-order valence-corrected chi connectivity index (χ2v) is 8.76. The molecule has 0 unspecified atom stereocenters. The number of nitrogens with one attached hydrogen (secondary N) is 1. The molecule has 0 aliphatic rings. The molecule has 1 heterocycles. The molecule has 0 atom stereocenters. The van der Waals surface area contributed by atoms with E-state index in [9.17, 15) is 14.9 Å². The molecular formula is C28H19N3O3S. The van der Waals surface area contributed by atoms with Gasteiger partial charge < -0.3 is 5.32 Å². The number of non-ortho nitro benzene ring substituents is 1. The first-order valence-electron chi connectivity index (χ1n) is 10.9. The molecule has 4 aromatic carbocycles. The number of aromatic nitrogens is 1. The summed E-state index contributed by atoms with van der Waals surface area (Å²) in [5.74, 6) is -0.287. The summed E-state index contributed by atoms with van der Waals surface area (Å²) in [7, 11) is 0. The lowest BCUT2D eigenvalue weighted by Gasteiger charge is -2.07. The number of hydrogen-bond donors (Lipinski definition) is 1. The second-order valence-electron chi connectivity index (χ2n) is 7.76. The number of amides is 1. The number of rotatable bonds is 6. The first-order valence-corrected chi connectivity index (χ1v) is 11.7. The molecule has 6 nitrogen and oxygen atoms in total. The highest BCUT2D eigenvalue weighted by Gasteiger charge is 2.21. The minimum absolute atomic E-state index is 0.0169. The van der Waals surface area contributed by atoms with Gasteiger partial charge >= 0.3 is 0 Å². The number of thiazole rings is 1. The van der Waals surface area contributed by atoms with Crippen molar-refractivity contribution >= 4 is 28.6 Å². The van der Waals surface area contributed by atoms with Crippen LogP contribution in [0.4, 0.5) is 11.4 Å². The van der Waals surface area contributed by atoms with Gasteiger partial charge in [0.05, 0.1) is 10.6 Å². The van der Waals surface area contributed by atoms with Crippen molar-refractivity contribution in [2.75, 3.05) is 5.32 Å². The summed E-state index contributed by atoms with van der Waals surface area (Å²) in [4.78, 5) is 29.1. The normalized spacial score (nSPS) is 10.6. The zero-order chi connectivity index (χ0) is 24.2. The SMILES string of the molecule is O=C(Nc1ccc(-c2ccccc2)cc1)c1sc(-c2ccccc2)nc1-c1ccc([N+](=O)[O-])cc1. The Kier molecular flexibility index (Phi) is 6.15. The van der Waals surface area contributed by atoms with Crippen LogP contribution in [0.5, 0.6) is 0 Å². The molecule has 1 N–H and O–H groups in total. The average Bonchev–Trinajstić information content (AvgIpc) is 3.36. The molecule has 35 heavy (non-hydrogen) atoms. The van der Waals surface area contributed by atoms with Gasteiger partial charge in [0.2, 0.25) is 0 Å². The second kappa shape index (κ2) is 9.70. The fourth-order valence-electron chi connectivity index (χ4n) is 3.68. The molecule has 5 aromatic rings. The van der Waals surface area contributed by atoms with Crippen LogP contribution in [0.1, 0.15) is 9.67 Å². The number of nitrogens with zero attached hydrogens (tertiary/aromatic N) is 2. The first kappa shape index (κ1) is 22.2. The third-order valence-electron chi connectivity index (χ3n) is 5.46. The zero-order valence-corrected chi connectivity index (χ0v) is 19.2. The maximum Gasteiger partial charge on any atom is 0.269 e. The van der Waals surface area contributed by atoms with E-state index in [4.69, 9.17) is 4.98 Å². The van der Waals surface area contributed by atoms with E-state index in [2.05, 4.69) is 5.32 Å². The molecule has 0 bridgehead atoms. The van der Waals surface area contributed by atoms with Gasteiger partial charge in [-0.25, -0.2) is 4.98 Å². The van der Waals surface area contributed by atoms with Gasteiger partial charge in [-0.2, -0.15) is 0 Å². The molecule has 1 aromatic heterocycles. The summed E-state index contributed by atoms with van der Waals surface area (Å²) in [6.07, 6.45) is 0. The van der Waals surface area contributed by atoms with Gasteiger partial charge in [-0.1, -0.05) is 72.8 Å². The third kappa shape index (κ3) is 4.85. The van der Waals surface area contributed by atoms with Crippen molar-refractivity contribution in [3.8, 4) is 33.0 Å². The molecule has 0 fully saturated rings. The van der Waals surface area contributed by atoms with Crippen LogP contribution in [0.2, 0.25) is 0 Å². The highest BCUT2D eigenvalue weighted by Crippen LogP contribution is 2.35. The van der Waals surface area contributed by atoms with E-state index in [0.717, 1.165) is 16.7 Å². The van der Waals surface area contributed by atoms with Crippen LogP contribution in [0.25, 0.3) is 33.0 Å². The van der Waals surface area contributed by atoms with Gasteiger partial charge in [-0.05, 0) is 35.4 Å². The van der Waals surface area contributed by atoms with E-state index in [-0.39, 0.29) is 11.6 Å². The molecule has 0 aliphatic heterocycles. The molecule has 5 rings (SSSR count). The zero-order valence-electron chi connectivity index (χ0n) is 18.4. The Hall–Kier alpha value is -4.62. The monoisotopic (exact) mass is 477 g/mol. The van der Waals surface area contributed by atoms with Crippen molar-refractivity contribution in [3.63, 3.8) is 0 Å². The number of carbonyl (C=O) groups is 1. The molecule has 0 spiro atoms. The highest BCUT2D eigenvalue weighted by molar-refractivity contribution is 7.17. The quantitative estimate of drug-likeness (QED) is 0.205. The number of hydrogen-bond acceptors (Lipinski definition) is 5. The van der Waals surface area contributed by atoms with Gasteiger partial charge in [0.1, 0.15) is 9.88 Å². The first-order chi connectivity index (χ1) is 17.1. The minimum Gasteiger partial charge on any atom is -0.321 e. The molecule has 170 valence electrons. The van der Waals surface area contributed by atoms with E-state index in [1.807, 2.05) is 84.9 Å². The molecule has 7 heteroatoms. The number of anilines is 1. The molecule has 0 saturated heterocycles. The standard InChI is InChI=1S/C28H19N3O3S/c32-27(29-23-15-11-20(12-16-23)19-7-3-1-4-8-19)26-25(21-13-17-24(18-14-21)31(33)34)30-28(35-26)22-9-5-2-6-10-22/h1-18H,(H,29,32). The lowest BCUT2D eigenvalue weighted by Crippen LogP contribution is -2.11. The van der Waals surface area contributed by atoms with Gasteiger partial charge in [-0.15, -0.1) is 11.3 Å². The number of nitro benzene ring substituents is 1. The van der Waals surface area contributed by atoms with Crippen LogP contribution in [-0.4, -0.2) is 15.8 Å². The Morgan fingerprint density at radius 1 is 0.714 bits per heavy atom. The lowest BCUT2D eigenvalue weighted by molar-refractivity contribution is -0.384. The Balaban J connectivity index is 1.47. The van der Waals surface area contributed by atoms with Crippen molar-refractivity contribution in [1.82, 2.24) is 4.98 Å². The molecule has 1 amide bonds. The lowest BCUT2D eigenvalue weighted by atomic mass is 10.1. The van der Waals surface area contributed by atoms with E-state index < -0.39 is 4.92 Å². The van der Waals surface area contributed by atoms with Crippen LogP contribution < -0.4 is 5.32 Å². The Morgan fingerprint density at radius 3 is 1.86 bits per heavy atom. The summed E-state index contributed by atoms with van der Waals surface area (Å²) in [6, 6.07) is 33.3. The summed E-state index contributed by atoms with van der Waals surface area (Å²) in [5, 5.41) is 14.7. The van der Waals surface area contributed by atoms with Crippen LogP contribution in [0, 0.1) is 10.1 Å². The summed E-state index contributed by atoms with van der Waals surface area (Å²) < 4.78 is 0. The van der Waals surface area contributed by atoms with Gasteiger partial charge in [0, 0.05) is 28.9 Å². The minimum atomic E-state index is -0.451. The van der Waals surface area contributed by atoms with Gasteiger partial charge in [-0.3, -0.25) is 14.9 Å². The fourth-order valence-corrected chi connectivity index (χ4v) is 4.67. The number of benzene rings is 4. The van der Waals surface area contributed by atoms with Crippen LogP contribution in [-0.2, 0) is 0 Å². The molecule has 0 aliphatic carbocycles. The third-order valence-corrected chi connectivity index (χ3v) is 6.56. The van der Waals surface area contributed by atoms with Crippen LogP contribution in [0.15, 0.2) is 109 Å². The Morgan fingerprint density at radius 2 is 1.26 bits per heavy atom. The predicted molar refractivity (Wildman–Crippen MR) is 139 cm³/mol. The van der Waals surface area contributed by atoms with Crippen molar-refractivity contribution in [1.29, 1.82) is 0 Å². The van der Waals surface area contributed by atoms with Crippen LogP contribution >= 0.6 is 11.3 Å². The van der Waals surface area contributed by atoms with Crippen molar-refractivity contribution in [2.24, 2.45) is 0 Å². The van der Waals surface area contributed by atoms with Gasteiger partial charge in [0.15, 0.2) is 0 Å². The van der Waals surface area contributed by atoms with E-state index in [1.165, 1.54) is 23.5 Å². The molecule has 0 saturated carbocycles. The largest absolute Gasteiger partial charge is 0.321 e. The van der Waals surface area contributed by atoms with E-state index >= 15 is 0 Å². The smallest absolute Gasteiger partial charge is 0.269 e. The summed E-state index contributed by atoms with van der Waals surface area (Å²) in [5.41, 5.74) is 4.82. The van der Waals surface area contributed by atoms with E-state index in [1.54, 1.807) is 12.1 Å². The average molecular weight is 478 g/mol. The topological polar surface area (TPSA) is 85.1 Å².